The molecule has 0 aromatic carbocycles. The Bertz CT molecular complexity index is 123. The number of carbonyl (C=O) groups is 1. The van der Waals surface area contributed by atoms with Gasteiger partial charge < -0.3 is 10.4 Å². The number of nitrogens with one attached hydrogen (secondary N) is 1. The summed E-state index contributed by atoms with van der Waals surface area (Å²) in [5.74, 6) is -0.902. The molecule has 0 aliphatic carbocycles. The molecule has 0 heterocycles. The molecule has 0 spiro atoms. The van der Waals surface area contributed by atoms with E-state index in [0.717, 1.165) is 12.1 Å². The second-order valence-electron chi connectivity index (χ2n) is 1.61. The smallest absolute Gasteiger partial charge is 0.330 e. The number of rotatable bonds is 3. The standard InChI is InChI=1S/C6H11NO2/c1-3-5(7-2)4-6(8)9/h4,7H,3H2,1-2H3,(H,8,9). The summed E-state index contributed by atoms with van der Waals surface area (Å²) in [7, 11) is 1.71. The van der Waals surface area contributed by atoms with Crippen LogP contribution in [0.5, 0.6) is 0 Å². The van der Waals surface area contributed by atoms with Crippen LogP contribution in [0.4, 0.5) is 0 Å². The third kappa shape index (κ3) is 3.58. The van der Waals surface area contributed by atoms with Crippen LogP contribution in [0.25, 0.3) is 0 Å². The summed E-state index contributed by atoms with van der Waals surface area (Å²) in [6, 6.07) is 0. The summed E-state index contributed by atoms with van der Waals surface area (Å²) in [6.45, 7) is 1.89. The second kappa shape index (κ2) is 3.95. The molecule has 0 aromatic rings. The van der Waals surface area contributed by atoms with Crippen molar-refractivity contribution in [1.29, 1.82) is 0 Å². The highest BCUT2D eigenvalue weighted by atomic mass is 16.4. The lowest BCUT2D eigenvalue weighted by atomic mass is 10.3. The molecule has 3 nitrogen and oxygen atoms in total. The van der Waals surface area contributed by atoms with Gasteiger partial charge >= 0.3 is 5.97 Å². The Kier molecular flexibility index (Phi) is 3.51. The fraction of sp³-hybridized carbons (Fsp3) is 0.500. The van der Waals surface area contributed by atoms with E-state index in [-0.39, 0.29) is 0 Å². The topological polar surface area (TPSA) is 49.3 Å². The molecular formula is C6H11NO2. The van der Waals surface area contributed by atoms with Crippen LogP contribution in [-0.2, 0) is 4.79 Å². The molecule has 0 aliphatic heterocycles. The molecule has 0 amide bonds. The third-order valence-corrected chi connectivity index (χ3v) is 1.000. The Hall–Kier alpha value is -0.990. The van der Waals surface area contributed by atoms with E-state index in [2.05, 4.69) is 5.32 Å². The Morgan fingerprint density at radius 3 is 2.44 bits per heavy atom. The molecule has 0 saturated heterocycles. The summed E-state index contributed by atoms with van der Waals surface area (Å²) in [6.07, 6.45) is 1.89. The van der Waals surface area contributed by atoms with Gasteiger partial charge in [0.05, 0.1) is 0 Å². The van der Waals surface area contributed by atoms with Crippen molar-refractivity contribution in [3.63, 3.8) is 0 Å². The van der Waals surface area contributed by atoms with Gasteiger partial charge in [-0.3, -0.25) is 0 Å². The molecule has 52 valence electrons. The molecule has 0 bridgehead atoms. The van der Waals surface area contributed by atoms with Crippen molar-refractivity contribution in [3.8, 4) is 0 Å². The minimum atomic E-state index is -0.902. The zero-order chi connectivity index (χ0) is 7.28. The van der Waals surface area contributed by atoms with E-state index in [0.29, 0.717) is 0 Å². The van der Waals surface area contributed by atoms with Crippen molar-refractivity contribution in [3.05, 3.63) is 11.8 Å². The predicted molar refractivity (Wildman–Crippen MR) is 35.1 cm³/mol. The summed E-state index contributed by atoms with van der Waals surface area (Å²) in [5.41, 5.74) is 0.738. The molecule has 2 N–H and O–H groups in total. The van der Waals surface area contributed by atoms with Crippen LogP contribution in [0.15, 0.2) is 11.8 Å². The number of hydrogen-bond acceptors (Lipinski definition) is 2. The first-order valence-corrected chi connectivity index (χ1v) is 2.82. The Labute approximate surface area is 54.4 Å². The highest BCUT2D eigenvalue weighted by Gasteiger charge is 1.92. The molecule has 0 aliphatic rings. The van der Waals surface area contributed by atoms with Gasteiger partial charge in [0.25, 0.3) is 0 Å². The lowest BCUT2D eigenvalue weighted by Gasteiger charge is -1.98. The SMILES string of the molecule is CCC(=CC(=O)O)NC. The molecule has 9 heavy (non-hydrogen) atoms. The van der Waals surface area contributed by atoms with Gasteiger partial charge in [-0.15, -0.1) is 0 Å². The maximum atomic E-state index is 10.0. The zero-order valence-corrected chi connectivity index (χ0v) is 5.64. The van der Waals surface area contributed by atoms with Gasteiger partial charge in [0.15, 0.2) is 0 Å². The first kappa shape index (κ1) is 8.01. The molecule has 0 aromatic heterocycles. The van der Waals surface area contributed by atoms with E-state index in [9.17, 15) is 4.79 Å². The number of allylic oxidation sites excluding steroid dienone is 1. The first-order chi connectivity index (χ1) is 4.20. The number of hydrogen-bond donors (Lipinski definition) is 2. The lowest BCUT2D eigenvalue weighted by Crippen LogP contribution is -2.06. The van der Waals surface area contributed by atoms with Crippen molar-refractivity contribution in [1.82, 2.24) is 5.32 Å². The predicted octanol–water partition coefficient (Wildman–Crippen LogP) is 0.584. The summed E-state index contributed by atoms with van der Waals surface area (Å²) >= 11 is 0. The van der Waals surface area contributed by atoms with Crippen LogP contribution in [0.2, 0.25) is 0 Å². The van der Waals surface area contributed by atoms with E-state index in [4.69, 9.17) is 5.11 Å². The normalized spacial score (nSPS) is 11.1. The minimum absolute atomic E-state index is 0.725. The van der Waals surface area contributed by atoms with Gasteiger partial charge in [-0.05, 0) is 6.42 Å². The highest BCUT2D eigenvalue weighted by Crippen LogP contribution is 1.92. The number of carboxylic acids is 1. The molecule has 0 saturated carbocycles. The second-order valence-corrected chi connectivity index (χ2v) is 1.61. The van der Waals surface area contributed by atoms with Crippen molar-refractivity contribution < 1.29 is 9.90 Å². The van der Waals surface area contributed by atoms with E-state index in [1.807, 2.05) is 6.92 Å². The van der Waals surface area contributed by atoms with E-state index in [1.54, 1.807) is 7.05 Å². The van der Waals surface area contributed by atoms with Crippen molar-refractivity contribution in [2.45, 2.75) is 13.3 Å². The van der Waals surface area contributed by atoms with Crippen molar-refractivity contribution in [2.75, 3.05) is 7.05 Å². The Morgan fingerprint density at radius 1 is 1.78 bits per heavy atom. The van der Waals surface area contributed by atoms with Gasteiger partial charge in [-0.2, -0.15) is 0 Å². The fourth-order valence-corrected chi connectivity index (χ4v) is 0.500. The fourth-order valence-electron chi connectivity index (χ4n) is 0.500. The summed E-state index contributed by atoms with van der Waals surface area (Å²) in [4.78, 5) is 10.0. The van der Waals surface area contributed by atoms with Gasteiger partial charge in [-0.1, -0.05) is 6.92 Å². The maximum absolute atomic E-state index is 10.0. The van der Waals surface area contributed by atoms with Crippen molar-refractivity contribution >= 4 is 5.97 Å². The van der Waals surface area contributed by atoms with Crippen LogP contribution in [0.1, 0.15) is 13.3 Å². The lowest BCUT2D eigenvalue weighted by molar-refractivity contribution is -0.131. The van der Waals surface area contributed by atoms with Gasteiger partial charge in [-0.25, -0.2) is 4.79 Å². The molecular weight excluding hydrogens is 118 g/mol. The highest BCUT2D eigenvalue weighted by molar-refractivity contribution is 5.80. The number of aliphatic carboxylic acids is 1. The van der Waals surface area contributed by atoms with Crippen molar-refractivity contribution in [2.24, 2.45) is 0 Å². The monoisotopic (exact) mass is 129 g/mol. The molecule has 0 atom stereocenters. The van der Waals surface area contributed by atoms with Gasteiger partial charge in [0.2, 0.25) is 0 Å². The van der Waals surface area contributed by atoms with E-state index < -0.39 is 5.97 Å². The van der Waals surface area contributed by atoms with Gasteiger partial charge in [0.1, 0.15) is 0 Å². The minimum Gasteiger partial charge on any atom is -0.478 e. The van der Waals surface area contributed by atoms with Crippen LogP contribution in [0.3, 0.4) is 0 Å². The average Bonchev–Trinajstić information content (AvgIpc) is 1.82. The van der Waals surface area contributed by atoms with Crippen LogP contribution >= 0.6 is 0 Å². The molecule has 0 fully saturated rings. The Balaban J connectivity index is 3.91. The molecule has 0 radical (unpaired) electrons. The largest absolute Gasteiger partial charge is 0.478 e. The third-order valence-electron chi connectivity index (χ3n) is 1.000. The van der Waals surface area contributed by atoms with Crippen LogP contribution in [-0.4, -0.2) is 18.1 Å². The van der Waals surface area contributed by atoms with Crippen LogP contribution < -0.4 is 5.32 Å². The van der Waals surface area contributed by atoms with E-state index >= 15 is 0 Å². The Morgan fingerprint density at radius 2 is 2.33 bits per heavy atom. The quantitative estimate of drug-likeness (QED) is 0.548. The average molecular weight is 129 g/mol. The molecule has 0 rings (SSSR count). The van der Waals surface area contributed by atoms with Crippen LogP contribution in [0, 0.1) is 0 Å². The van der Waals surface area contributed by atoms with Gasteiger partial charge in [0, 0.05) is 18.8 Å². The number of carboxylic acid groups (broad SMARTS) is 1. The molecule has 3 heteroatoms. The maximum Gasteiger partial charge on any atom is 0.330 e. The first-order valence-electron chi connectivity index (χ1n) is 2.82. The zero-order valence-electron chi connectivity index (χ0n) is 5.64. The van der Waals surface area contributed by atoms with E-state index in [1.165, 1.54) is 6.08 Å². The molecule has 0 unspecified atom stereocenters. The summed E-state index contributed by atoms with van der Waals surface area (Å²) in [5, 5.41) is 11.0. The summed E-state index contributed by atoms with van der Waals surface area (Å²) < 4.78 is 0.